The number of halogens is 3. The third kappa shape index (κ3) is 5.16. The van der Waals surface area contributed by atoms with E-state index in [2.05, 4.69) is 11.6 Å². The Labute approximate surface area is 208 Å². The van der Waals surface area contributed by atoms with E-state index in [1.54, 1.807) is 18.3 Å². The van der Waals surface area contributed by atoms with Gasteiger partial charge in [-0.3, -0.25) is 4.79 Å². The molecule has 2 aliphatic heterocycles. The van der Waals surface area contributed by atoms with Crippen molar-refractivity contribution in [2.75, 3.05) is 20.3 Å². The number of amides is 1. The number of fused-ring (bicyclic) bond motifs is 1. The van der Waals surface area contributed by atoms with E-state index in [9.17, 15) is 18.0 Å². The number of allylic oxidation sites excluding steroid dienone is 3. The minimum Gasteiger partial charge on any atom is -0.495 e. The van der Waals surface area contributed by atoms with Gasteiger partial charge in [-0.15, -0.1) is 0 Å². The number of benzene rings is 1. The van der Waals surface area contributed by atoms with Gasteiger partial charge in [-0.25, -0.2) is 18.2 Å². The molecule has 2 aromatic rings. The number of hydrogen-bond donors (Lipinski definition) is 0. The van der Waals surface area contributed by atoms with Crippen LogP contribution >= 0.6 is 0 Å². The Morgan fingerprint density at radius 1 is 1.28 bits per heavy atom. The minimum absolute atomic E-state index is 0.0882. The van der Waals surface area contributed by atoms with Crippen molar-refractivity contribution in [3.05, 3.63) is 83.3 Å². The van der Waals surface area contributed by atoms with E-state index in [4.69, 9.17) is 9.47 Å². The topological polar surface area (TPSA) is 56.6 Å². The summed E-state index contributed by atoms with van der Waals surface area (Å²) in [6.07, 6.45) is 7.41. The molecule has 1 amide bonds. The first-order valence-corrected chi connectivity index (χ1v) is 11.6. The van der Waals surface area contributed by atoms with Gasteiger partial charge in [0.2, 0.25) is 0 Å². The molecule has 2 aliphatic rings. The molecule has 0 bridgehead atoms. The van der Waals surface area contributed by atoms with Crippen LogP contribution in [0, 0.1) is 6.92 Å². The Kier molecular flexibility index (Phi) is 7.49. The number of methoxy groups -OCH3 is 1. The molecule has 6 nitrogen and oxygen atoms in total. The number of aromatic nitrogens is 2. The molecule has 0 N–H and O–H groups in total. The van der Waals surface area contributed by atoms with Crippen LogP contribution in [0.3, 0.4) is 0 Å². The molecule has 0 aliphatic carbocycles. The second-order valence-corrected chi connectivity index (χ2v) is 8.90. The van der Waals surface area contributed by atoms with Crippen molar-refractivity contribution in [2.24, 2.45) is 0 Å². The van der Waals surface area contributed by atoms with Gasteiger partial charge >= 0.3 is 0 Å². The second-order valence-electron chi connectivity index (χ2n) is 8.90. The lowest BCUT2D eigenvalue weighted by molar-refractivity contribution is -0.142. The van der Waals surface area contributed by atoms with Crippen molar-refractivity contribution >= 4 is 12.0 Å². The van der Waals surface area contributed by atoms with Crippen LogP contribution in [0.2, 0.25) is 0 Å². The van der Waals surface area contributed by atoms with Gasteiger partial charge < -0.3 is 18.9 Å². The quantitative estimate of drug-likeness (QED) is 0.387. The average Bonchev–Trinajstić information content (AvgIpc) is 3.30. The van der Waals surface area contributed by atoms with E-state index in [-0.39, 0.29) is 24.1 Å². The zero-order valence-corrected chi connectivity index (χ0v) is 20.4. The highest BCUT2D eigenvalue weighted by atomic mass is 19.2. The van der Waals surface area contributed by atoms with Gasteiger partial charge in [-0.05, 0) is 62.1 Å². The molecule has 9 heteroatoms. The molecule has 0 spiro atoms. The third-order valence-corrected chi connectivity index (χ3v) is 6.36. The van der Waals surface area contributed by atoms with Gasteiger partial charge in [0.15, 0.2) is 11.7 Å². The lowest BCUT2D eigenvalue weighted by Gasteiger charge is -2.45. The minimum atomic E-state index is -1.58. The summed E-state index contributed by atoms with van der Waals surface area (Å²) in [5.41, 5.74) is 3.19. The van der Waals surface area contributed by atoms with Crippen molar-refractivity contribution in [2.45, 2.75) is 38.8 Å². The molecule has 1 aromatic heterocycles. The molecule has 4 rings (SSSR count). The number of piperidine rings is 1. The number of ether oxygens (including phenoxy) is 2. The normalized spacial score (nSPS) is 22.4. The molecule has 0 saturated carbocycles. The Morgan fingerprint density at radius 3 is 2.72 bits per heavy atom. The summed E-state index contributed by atoms with van der Waals surface area (Å²) in [6, 6.07) is 4.72. The molecule has 36 heavy (non-hydrogen) atoms. The van der Waals surface area contributed by atoms with Crippen LogP contribution in [-0.2, 0) is 9.53 Å². The number of imidazole rings is 1. The van der Waals surface area contributed by atoms with Crippen molar-refractivity contribution in [3.63, 3.8) is 0 Å². The number of rotatable bonds is 6. The molecule has 190 valence electrons. The number of carbonyl (C=O) groups excluding carboxylic acids is 1. The van der Waals surface area contributed by atoms with Crippen LogP contribution in [0.15, 0.2) is 72.0 Å². The van der Waals surface area contributed by atoms with Crippen molar-refractivity contribution in [1.82, 2.24) is 14.5 Å². The molecule has 2 saturated heterocycles. The Hall–Kier alpha value is -3.59. The molecule has 2 atom stereocenters. The van der Waals surface area contributed by atoms with E-state index in [0.29, 0.717) is 30.8 Å². The van der Waals surface area contributed by atoms with Crippen LogP contribution < -0.4 is 4.74 Å². The fraction of sp³-hybridized carbons (Fsp3) is 0.333. The molecule has 2 unspecified atom stereocenters. The Morgan fingerprint density at radius 2 is 2.06 bits per heavy atom. The average molecular weight is 500 g/mol. The van der Waals surface area contributed by atoms with Gasteiger partial charge in [0, 0.05) is 11.8 Å². The van der Waals surface area contributed by atoms with Crippen LogP contribution in [-0.4, -0.2) is 52.8 Å². The highest BCUT2D eigenvalue weighted by molar-refractivity contribution is 5.99. The number of carbonyl (C=O) groups is 1. The van der Waals surface area contributed by atoms with Gasteiger partial charge in [0.05, 0.1) is 50.1 Å². The fourth-order valence-electron chi connectivity index (χ4n) is 4.51. The Balaban J connectivity index is 1.61. The van der Waals surface area contributed by atoms with E-state index in [1.165, 1.54) is 0 Å². The first-order valence-electron chi connectivity index (χ1n) is 11.6. The van der Waals surface area contributed by atoms with Crippen LogP contribution in [0.25, 0.3) is 11.8 Å². The molecule has 0 radical (unpaired) electrons. The molecule has 3 heterocycles. The summed E-state index contributed by atoms with van der Waals surface area (Å²) in [6.45, 7) is 6.97. The zero-order chi connectivity index (χ0) is 26.0. The van der Waals surface area contributed by atoms with Crippen LogP contribution in [0.5, 0.6) is 5.75 Å². The fourth-order valence-corrected chi connectivity index (χ4v) is 4.51. The zero-order valence-electron chi connectivity index (χ0n) is 20.4. The van der Waals surface area contributed by atoms with E-state index in [1.807, 2.05) is 42.0 Å². The van der Waals surface area contributed by atoms with E-state index < -0.39 is 23.5 Å². The van der Waals surface area contributed by atoms with Crippen molar-refractivity contribution in [1.29, 1.82) is 0 Å². The summed E-state index contributed by atoms with van der Waals surface area (Å²) in [5.74, 6) is -3.82. The second kappa shape index (κ2) is 10.6. The first kappa shape index (κ1) is 25.5. The molecule has 1 aromatic carbocycles. The lowest BCUT2D eigenvalue weighted by atomic mass is 9.91. The van der Waals surface area contributed by atoms with Crippen LogP contribution in [0.4, 0.5) is 13.2 Å². The maximum Gasteiger partial charge on any atom is 0.250 e. The highest BCUT2D eigenvalue weighted by Gasteiger charge is 2.40. The number of hydrogen-bond acceptors (Lipinski definition) is 4. The van der Waals surface area contributed by atoms with Crippen LogP contribution in [0.1, 0.15) is 31.0 Å². The van der Waals surface area contributed by atoms with Gasteiger partial charge in [0.1, 0.15) is 11.6 Å². The molecular weight excluding hydrogens is 471 g/mol. The van der Waals surface area contributed by atoms with Crippen molar-refractivity contribution < 1.29 is 27.4 Å². The van der Waals surface area contributed by atoms with Crippen molar-refractivity contribution in [3.8, 4) is 11.4 Å². The first-order chi connectivity index (χ1) is 17.2. The summed E-state index contributed by atoms with van der Waals surface area (Å²) in [5, 5.41) is 0. The standard InChI is InChI=1S/C27H28F3N3O3/c1-16(9-22(29)26(30)18(3)28)24-14-36-13-21-7-6-20(27(34)33(21)24)10-19-5-8-23(25(11-19)35-4)32-12-17(2)31-15-32/h5,8-12,15,21,24H,1,6-7,13-14H2,2-4H3/b20-10+,22-9+,26-18-. The highest BCUT2D eigenvalue weighted by Crippen LogP contribution is 2.33. The summed E-state index contributed by atoms with van der Waals surface area (Å²) >= 11 is 0. The molecular formula is C27H28F3N3O3. The SMILES string of the molecule is C=C(/C=C(F)\C(F)=C(/C)F)C1COCC2CC/C(=C\c3ccc(-n4cnc(C)c4)c(OC)c3)C(=O)N21. The number of morpholine rings is 1. The summed E-state index contributed by atoms with van der Waals surface area (Å²) in [4.78, 5) is 19.4. The van der Waals surface area contributed by atoms with Gasteiger partial charge in [-0.2, -0.15) is 0 Å². The monoisotopic (exact) mass is 499 g/mol. The number of nitrogens with zero attached hydrogens (tertiary/aromatic N) is 3. The van der Waals surface area contributed by atoms with Gasteiger partial charge in [0.25, 0.3) is 5.91 Å². The van der Waals surface area contributed by atoms with Gasteiger partial charge in [-0.1, -0.05) is 12.6 Å². The number of aryl methyl sites for hydroxylation is 1. The predicted molar refractivity (Wildman–Crippen MR) is 131 cm³/mol. The largest absolute Gasteiger partial charge is 0.495 e. The smallest absolute Gasteiger partial charge is 0.250 e. The summed E-state index contributed by atoms with van der Waals surface area (Å²) in [7, 11) is 1.58. The summed E-state index contributed by atoms with van der Waals surface area (Å²) < 4.78 is 53.9. The Bertz CT molecular complexity index is 1270. The lowest BCUT2D eigenvalue weighted by Crippen LogP contribution is -2.57. The maximum absolute atomic E-state index is 14.1. The predicted octanol–water partition coefficient (Wildman–Crippen LogP) is 5.54. The van der Waals surface area contributed by atoms with E-state index >= 15 is 0 Å². The maximum atomic E-state index is 14.1. The molecule has 2 fully saturated rings. The van der Waals surface area contributed by atoms with E-state index in [0.717, 1.165) is 29.9 Å². The third-order valence-electron chi connectivity index (χ3n) is 6.36.